The standard InChI is InChI=1S/C23H25ClN4O3S/c1-14-26-19(20(29)27-18-10-6-8-16(24)12-18)21(32-14)28-17-9-5-7-15(11-17)13-25-22(30)31-23(2,3)4/h5-12,28H,13H2,1-4H3,(H,25,30)(H,27,29). The summed E-state index contributed by atoms with van der Waals surface area (Å²) in [5.74, 6) is -0.332. The maximum atomic E-state index is 12.8. The van der Waals surface area contributed by atoms with Gasteiger partial charge in [0.2, 0.25) is 0 Å². The van der Waals surface area contributed by atoms with Crippen LogP contribution in [0.25, 0.3) is 0 Å². The fourth-order valence-corrected chi connectivity index (χ4v) is 3.83. The number of hydrogen-bond donors (Lipinski definition) is 3. The van der Waals surface area contributed by atoms with Gasteiger partial charge in [-0.25, -0.2) is 9.78 Å². The molecule has 0 aliphatic carbocycles. The highest BCUT2D eigenvalue weighted by molar-refractivity contribution is 7.16. The zero-order valence-corrected chi connectivity index (χ0v) is 19.9. The van der Waals surface area contributed by atoms with Crippen LogP contribution in [0.15, 0.2) is 48.5 Å². The predicted molar refractivity (Wildman–Crippen MR) is 129 cm³/mol. The van der Waals surface area contributed by atoms with E-state index in [0.29, 0.717) is 27.9 Å². The molecule has 1 aromatic heterocycles. The third-order valence-electron chi connectivity index (χ3n) is 4.05. The Morgan fingerprint density at radius 2 is 1.81 bits per heavy atom. The summed E-state index contributed by atoms with van der Waals surface area (Å²) in [5, 5.41) is 10.7. The second kappa shape index (κ2) is 10.0. The third-order valence-corrected chi connectivity index (χ3v) is 5.17. The molecule has 3 aromatic rings. The Hall–Kier alpha value is -3.10. The monoisotopic (exact) mass is 472 g/mol. The van der Waals surface area contributed by atoms with Crippen molar-refractivity contribution in [3.8, 4) is 0 Å². The minimum Gasteiger partial charge on any atom is -0.444 e. The first kappa shape index (κ1) is 23.6. The van der Waals surface area contributed by atoms with Gasteiger partial charge < -0.3 is 20.7 Å². The Balaban J connectivity index is 1.69. The summed E-state index contributed by atoms with van der Waals surface area (Å²) in [6, 6.07) is 14.5. The van der Waals surface area contributed by atoms with Crippen molar-refractivity contribution in [2.75, 3.05) is 10.6 Å². The number of thiazole rings is 1. The lowest BCUT2D eigenvalue weighted by Gasteiger charge is -2.19. The van der Waals surface area contributed by atoms with Gasteiger partial charge in [0.25, 0.3) is 5.91 Å². The Morgan fingerprint density at radius 1 is 1.09 bits per heavy atom. The number of benzene rings is 2. The largest absolute Gasteiger partial charge is 0.444 e. The quantitative estimate of drug-likeness (QED) is 0.401. The van der Waals surface area contributed by atoms with Crippen molar-refractivity contribution in [1.82, 2.24) is 10.3 Å². The van der Waals surface area contributed by atoms with Crippen LogP contribution in [0.1, 0.15) is 41.8 Å². The average Bonchev–Trinajstić information content (AvgIpc) is 3.05. The molecule has 1 heterocycles. The normalized spacial score (nSPS) is 11.0. The first-order valence-electron chi connectivity index (χ1n) is 9.96. The van der Waals surface area contributed by atoms with Crippen LogP contribution in [0.3, 0.4) is 0 Å². The molecule has 0 atom stereocenters. The highest BCUT2D eigenvalue weighted by Crippen LogP contribution is 2.29. The van der Waals surface area contributed by atoms with Crippen LogP contribution in [0.4, 0.5) is 21.2 Å². The van der Waals surface area contributed by atoms with Gasteiger partial charge in [-0.2, -0.15) is 0 Å². The molecule has 0 saturated heterocycles. The molecule has 0 radical (unpaired) electrons. The fraction of sp³-hybridized carbons (Fsp3) is 0.261. The highest BCUT2D eigenvalue weighted by atomic mass is 35.5. The summed E-state index contributed by atoms with van der Waals surface area (Å²) in [6.45, 7) is 7.60. The highest BCUT2D eigenvalue weighted by Gasteiger charge is 2.18. The van der Waals surface area contributed by atoms with Gasteiger partial charge in [-0.3, -0.25) is 4.79 Å². The number of anilines is 3. The van der Waals surface area contributed by atoms with E-state index in [9.17, 15) is 9.59 Å². The van der Waals surface area contributed by atoms with Crippen LogP contribution >= 0.6 is 22.9 Å². The lowest BCUT2D eigenvalue weighted by atomic mass is 10.2. The summed E-state index contributed by atoms with van der Waals surface area (Å²) < 4.78 is 5.26. The molecule has 3 rings (SSSR count). The summed E-state index contributed by atoms with van der Waals surface area (Å²) in [6.07, 6.45) is -0.478. The van der Waals surface area contributed by atoms with Crippen molar-refractivity contribution in [2.24, 2.45) is 0 Å². The molecule has 9 heteroatoms. The van der Waals surface area contributed by atoms with Crippen LogP contribution in [0.2, 0.25) is 5.02 Å². The number of rotatable bonds is 6. The van der Waals surface area contributed by atoms with Crippen LogP contribution < -0.4 is 16.0 Å². The van der Waals surface area contributed by atoms with E-state index in [1.54, 1.807) is 24.3 Å². The van der Waals surface area contributed by atoms with Crippen molar-refractivity contribution in [3.05, 3.63) is 69.8 Å². The van der Waals surface area contributed by atoms with Crippen molar-refractivity contribution in [2.45, 2.75) is 39.8 Å². The van der Waals surface area contributed by atoms with E-state index in [2.05, 4.69) is 20.9 Å². The minimum atomic E-state index is -0.556. The SMILES string of the molecule is Cc1nc(C(=O)Nc2cccc(Cl)c2)c(Nc2cccc(CNC(=O)OC(C)(C)C)c2)s1. The number of carbonyl (C=O) groups excluding carboxylic acids is 2. The van der Waals surface area contributed by atoms with Gasteiger partial charge in [-0.1, -0.05) is 29.8 Å². The molecule has 32 heavy (non-hydrogen) atoms. The van der Waals surface area contributed by atoms with Gasteiger partial charge in [0.15, 0.2) is 5.69 Å². The lowest BCUT2D eigenvalue weighted by Crippen LogP contribution is -2.32. The van der Waals surface area contributed by atoms with Gasteiger partial charge in [0.05, 0.1) is 5.01 Å². The maximum absolute atomic E-state index is 12.8. The Morgan fingerprint density at radius 3 is 2.53 bits per heavy atom. The van der Waals surface area contributed by atoms with Crippen molar-refractivity contribution < 1.29 is 14.3 Å². The predicted octanol–water partition coefficient (Wildman–Crippen LogP) is 6.13. The number of aromatic nitrogens is 1. The molecular weight excluding hydrogens is 448 g/mol. The molecule has 0 saturated carbocycles. The van der Waals surface area contributed by atoms with Gasteiger partial charge in [-0.05, 0) is 63.6 Å². The second-order valence-corrected chi connectivity index (χ2v) is 9.70. The number of ether oxygens (including phenoxy) is 1. The number of amides is 2. The number of nitrogens with one attached hydrogen (secondary N) is 3. The number of alkyl carbamates (subject to hydrolysis) is 1. The smallest absolute Gasteiger partial charge is 0.407 e. The van der Waals surface area contributed by atoms with Gasteiger partial charge >= 0.3 is 6.09 Å². The molecule has 2 aromatic carbocycles. The zero-order valence-electron chi connectivity index (χ0n) is 18.3. The minimum absolute atomic E-state index is 0.296. The third kappa shape index (κ3) is 6.96. The van der Waals surface area contributed by atoms with E-state index in [-0.39, 0.29) is 5.91 Å². The molecule has 0 fully saturated rings. The summed E-state index contributed by atoms with van der Waals surface area (Å²) >= 11 is 7.38. The topological polar surface area (TPSA) is 92.4 Å². The van der Waals surface area contributed by atoms with Crippen molar-refractivity contribution in [1.29, 1.82) is 0 Å². The Kier molecular flexibility index (Phi) is 7.37. The Labute approximate surface area is 196 Å². The van der Waals surface area contributed by atoms with Crippen LogP contribution in [-0.2, 0) is 11.3 Å². The molecule has 7 nitrogen and oxygen atoms in total. The van der Waals surface area contributed by atoms with Crippen LogP contribution in [0.5, 0.6) is 0 Å². The van der Waals surface area contributed by atoms with Crippen LogP contribution in [0, 0.1) is 6.92 Å². The average molecular weight is 473 g/mol. The van der Waals surface area contributed by atoms with E-state index in [4.69, 9.17) is 16.3 Å². The molecule has 0 aliphatic heterocycles. The van der Waals surface area contributed by atoms with E-state index in [0.717, 1.165) is 16.3 Å². The summed E-state index contributed by atoms with van der Waals surface area (Å²) in [4.78, 5) is 29.1. The first-order valence-corrected chi connectivity index (χ1v) is 11.2. The van der Waals surface area contributed by atoms with E-state index in [1.165, 1.54) is 11.3 Å². The second-order valence-electron chi connectivity index (χ2n) is 8.06. The zero-order chi connectivity index (χ0) is 23.3. The number of carbonyl (C=O) groups is 2. The van der Waals surface area contributed by atoms with Gasteiger partial charge in [0.1, 0.15) is 10.6 Å². The van der Waals surface area contributed by atoms with E-state index >= 15 is 0 Å². The van der Waals surface area contributed by atoms with E-state index in [1.807, 2.05) is 52.0 Å². The summed E-state index contributed by atoms with van der Waals surface area (Å²) in [5.41, 5.74) is 1.99. The molecular formula is C23H25ClN4O3S. The van der Waals surface area contributed by atoms with Crippen LogP contribution in [-0.4, -0.2) is 22.6 Å². The van der Waals surface area contributed by atoms with Gasteiger partial charge in [-0.15, -0.1) is 11.3 Å². The number of hydrogen-bond acceptors (Lipinski definition) is 6. The molecule has 0 spiro atoms. The maximum Gasteiger partial charge on any atom is 0.407 e. The first-order chi connectivity index (χ1) is 15.1. The number of nitrogens with zero attached hydrogens (tertiary/aromatic N) is 1. The fourth-order valence-electron chi connectivity index (χ4n) is 2.80. The van der Waals surface area contributed by atoms with Crippen molar-refractivity contribution in [3.63, 3.8) is 0 Å². The van der Waals surface area contributed by atoms with E-state index < -0.39 is 11.7 Å². The number of halogens is 1. The molecule has 0 unspecified atom stereocenters. The van der Waals surface area contributed by atoms with Crippen molar-refractivity contribution >= 4 is 51.3 Å². The Bertz CT molecular complexity index is 1120. The molecule has 3 N–H and O–H groups in total. The summed E-state index contributed by atoms with van der Waals surface area (Å²) in [7, 11) is 0. The molecule has 168 valence electrons. The molecule has 2 amide bonds. The van der Waals surface area contributed by atoms with Gasteiger partial charge in [0, 0.05) is 22.9 Å². The number of aryl methyl sites for hydroxylation is 1. The molecule has 0 aliphatic rings. The lowest BCUT2D eigenvalue weighted by molar-refractivity contribution is 0.0523. The molecule has 0 bridgehead atoms.